The normalized spacial score (nSPS) is 56.1. The minimum atomic E-state index is 1.18. The van der Waals surface area contributed by atoms with Crippen LogP contribution in [0.3, 0.4) is 0 Å². The lowest BCUT2D eigenvalue weighted by atomic mass is 9.56. The molecule has 0 aromatic heterocycles. The van der Waals surface area contributed by atoms with Crippen LogP contribution in [0.5, 0.6) is 0 Å². The molecule has 78 valence electrons. The topological polar surface area (TPSA) is 0 Å². The van der Waals surface area contributed by atoms with Crippen molar-refractivity contribution in [1.82, 2.24) is 0 Å². The lowest BCUT2D eigenvalue weighted by Gasteiger charge is -2.54. The molecular weight excluding hydrogens is 187 g/mol. The van der Waals surface area contributed by atoms with Gasteiger partial charge in [0, 0.05) is 0 Å². The summed E-state index contributed by atoms with van der Waals surface area (Å²) in [6.07, 6.45) is 11.3. The van der Waals surface area contributed by atoms with Crippen molar-refractivity contribution in [2.45, 2.75) is 56.3 Å². The summed E-state index contributed by atoms with van der Waals surface area (Å²) >= 11 is 0. The van der Waals surface area contributed by atoms with Crippen molar-refractivity contribution in [2.75, 3.05) is 0 Å². The zero-order valence-corrected chi connectivity index (χ0v) is 9.91. The summed E-state index contributed by atoms with van der Waals surface area (Å²) in [6.45, 7) is 0. The minimum Gasteiger partial charge on any atom is -0.115 e. The van der Waals surface area contributed by atoms with Crippen LogP contribution in [-0.4, -0.2) is 11.3 Å². The molecule has 0 heterocycles. The van der Waals surface area contributed by atoms with E-state index in [0.29, 0.717) is 0 Å². The van der Waals surface area contributed by atoms with Gasteiger partial charge in [0.25, 0.3) is 0 Å². The van der Waals surface area contributed by atoms with E-state index in [0.717, 1.165) is 0 Å². The molecule has 0 aliphatic heterocycles. The van der Waals surface area contributed by atoms with Gasteiger partial charge in [-0.3, -0.25) is 0 Å². The van der Waals surface area contributed by atoms with E-state index in [2.05, 4.69) is 0 Å². The SMILES string of the molecule is C1C2CC3CC1CC(C2)C3PC1CC1. The summed E-state index contributed by atoms with van der Waals surface area (Å²) in [4.78, 5) is 0. The van der Waals surface area contributed by atoms with E-state index < -0.39 is 0 Å². The van der Waals surface area contributed by atoms with Crippen molar-refractivity contribution in [2.24, 2.45) is 23.7 Å². The lowest BCUT2D eigenvalue weighted by Crippen LogP contribution is -2.46. The van der Waals surface area contributed by atoms with Crippen LogP contribution in [0.15, 0.2) is 0 Å². The maximum absolute atomic E-state index is 1.64. The van der Waals surface area contributed by atoms with Gasteiger partial charge in [-0.05, 0) is 79.9 Å². The van der Waals surface area contributed by atoms with Crippen molar-refractivity contribution < 1.29 is 0 Å². The summed E-state index contributed by atoms with van der Waals surface area (Å²) < 4.78 is 0. The Morgan fingerprint density at radius 1 is 0.714 bits per heavy atom. The van der Waals surface area contributed by atoms with E-state index >= 15 is 0 Å². The number of rotatable bonds is 2. The van der Waals surface area contributed by atoms with Gasteiger partial charge in [0.2, 0.25) is 0 Å². The van der Waals surface area contributed by atoms with Crippen LogP contribution in [0, 0.1) is 23.7 Å². The lowest BCUT2D eigenvalue weighted by molar-refractivity contribution is 0.0256. The molecule has 0 nitrogen and oxygen atoms in total. The molecular formula is C13H21P. The summed E-state index contributed by atoms with van der Waals surface area (Å²) in [6, 6.07) is 0. The fourth-order valence-corrected chi connectivity index (χ4v) is 6.85. The highest BCUT2D eigenvalue weighted by molar-refractivity contribution is 7.40. The van der Waals surface area contributed by atoms with Gasteiger partial charge in [0.15, 0.2) is 0 Å². The van der Waals surface area contributed by atoms with Crippen molar-refractivity contribution >= 4 is 8.58 Å². The average Bonchev–Trinajstić information content (AvgIpc) is 2.93. The van der Waals surface area contributed by atoms with Gasteiger partial charge >= 0.3 is 0 Å². The molecule has 5 saturated carbocycles. The first kappa shape index (κ1) is 8.57. The van der Waals surface area contributed by atoms with Crippen molar-refractivity contribution in [3.8, 4) is 0 Å². The Hall–Kier alpha value is 0.430. The second kappa shape index (κ2) is 2.97. The Balaban J connectivity index is 1.55. The van der Waals surface area contributed by atoms with Crippen LogP contribution in [0.2, 0.25) is 0 Å². The van der Waals surface area contributed by atoms with Crippen molar-refractivity contribution in [1.29, 1.82) is 0 Å². The third kappa shape index (κ3) is 1.29. The molecule has 0 N–H and O–H groups in total. The van der Waals surface area contributed by atoms with Crippen LogP contribution in [0.1, 0.15) is 44.9 Å². The van der Waals surface area contributed by atoms with Gasteiger partial charge in [-0.1, -0.05) is 0 Å². The highest BCUT2D eigenvalue weighted by Crippen LogP contribution is 2.61. The highest BCUT2D eigenvalue weighted by Gasteiger charge is 2.48. The zero-order valence-electron chi connectivity index (χ0n) is 8.91. The monoisotopic (exact) mass is 208 g/mol. The van der Waals surface area contributed by atoms with Crippen LogP contribution < -0.4 is 0 Å². The van der Waals surface area contributed by atoms with Gasteiger partial charge in [0.05, 0.1) is 0 Å². The summed E-state index contributed by atoms with van der Waals surface area (Å²) in [5.41, 5.74) is 2.42. The molecule has 1 heteroatoms. The predicted molar refractivity (Wildman–Crippen MR) is 62.2 cm³/mol. The third-order valence-corrected chi connectivity index (χ3v) is 7.61. The van der Waals surface area contributed by atoms with Crippen molar-refractivity contribution in [3.63, 3.8) is 0 Å². The smallest absolute Gasteiger partial charge is 0.0177 e. The first-order valence-corrected chi connectivity index (χ1v) is 7.80. The van der Waals surface area contributed by atoms with E-state index in [1.807, 2.05) is 0 Å². The molecule has 5 aliphatic rings. The van der Waals surface area contributed by atoms with Gasteiger partial charge in [0.1, 0.15) is 0 Å². The fraction of sp³-hybridized carbons (Fsp3) is 1.00. The van der Waals surface area contributed by atoms with Gasteiger partial charge in [-0.15, -0.1) is 8.58 Å². The fourth-order valence-electron chi connectivity index (χ4n) is 4.72. The second-order valence-corrected chi connectivity index (χ2v) is 8.21. The molecule has 0 aromatic carbocycles. The van der Waals surface area contributed by atoms with Crippen LogP contribution in [0.25, 0.3) is 0 Å². The van der Waals surface area contributed by atoms with E-state index in [1.165, 1.54) is 43.6 Å². The average molecular weight is 208 g/mol. The van der Waals surface area contributed by atoms with Crippen LogP contribution >= 0.6 is 8.58 Å². The summed E-state index contributed by atoms with van der Waals surface area (Å²) in [5.74, 6) is 4.76. The molecule has 1 unspecified atom stereocenters. The first-order chi connectivity index (χ1) is 6.88. The summed E-state index contributed by atoms with van der Waals surface area (Å²) in [5, 5.41) is 0. The van der Waals surface area contributed by atoms with Gasteiger partial charge in [-0.25, -0.2) is 0 Å². The standard InChI is InChI=1S/C13H21P/c1-2-12(1)14-13-10-4-8-3-9(6-10)7-11(13)5-8/h8-14H,1-7H2. The molecule has 4 bridgehead atoms. The van der Waals surface area contributed by atoms with Crippen LogP contribution in [-0.2, 0) is 0 Å². The minimum absolute atomic E-state index is 1.18. The molecule has 5 aliphatic carbocycles. The molecule has 0 radical (unpaired) electrons. The van der Waals surface area contributed by atoms with Gasteiger partial charge in [-0.2, -0.15) is 0 Å². The summed E-state index contributed by atoms with van der Waals surface area (Å²) in [7, 11) is 1.38. The van der Waals surface area contributed by atoms with Gasteiger partial charge < -0.3 is 0 Å². The van der Waals surface area contributed by atoms with E-state index in [-0.39, 0.29) is 0 Å². The highest BCUT2D eigenvalue weighted by atomic mass is 31.1. The maximum Gasteiger partial charge on any atom is -0.0177 e. The molecule has 14 heavy (non-hydrogen) atoms. The first-order valence-electron chi connectivity index (χ1n) is 6.64. The zero-order chi connectivity index (χ0) is 9.12. The Bertz CT molecular complexity index is 216. The number of hydrogen-bond donors (Lipinski definition) is 0. The molecule has 0 saturated heterocycles. The molecule has 0 aromatic rings. The maximum atomic E-state index is 1.64. The Kier molecular flexibility index (Phi) is 1.82. The molecule has 5 rings (SSSR count). The third-order valence-electron chi connectivity index (χ3n) is 5.23. The van der Waals surface area contributed by atoms with E-state index in [1.54, 1.807) is 44.9 Å². The molecule has 0 spiro atoms. The Labute approximate surface area is 89.0 Å². The molecule has 1 atom stereocenters. The van der Waals surface area contributed by atoms with Crippen LogP contribution in [0.4, 0.5) is 0 Å². The second-order valence-electron chi connectivity index (χ2n) is 6.40. The van der Waals surface area contributed by atoms with E-state index in [4.69, 9.17) is 0 Å². The quantitative estimate of drug-likeness (QED) is 0.608. The molecule has 0 amide bonds. The largest absolute Gasteiger partial charge is 0.115 e. The number of hydrogen-bond acceptors (Lipinski definition) is 0. The van der Waals surface area contributed by atoms with E-state index in [9.17, 15) is 0 Å². The predicted octanol–water partition coefficient (Wildman–Crippen LogP) is 3.65. The molecule has 5 fully saturated rings. The Morgan fingerprint density at radius 2 is 1.29 bits per heavy atom. The Morgan fingerprint density at radius 3 is 1.79 bits per heavy atom. The van der Waals surface area contributed by atoms with Crippen molar-refractivity contribution in [3.05, 3.63) is 0 Å².